The highest BCUT2D eigenvalue weighted by Crippen LogP contribution is 2.70. The van der Waals surface area contributed by atoms with E-state index in [0.29, 0.717) is 17.8 Å². The minimum atomic E-state index is 0.227. The molecule has 3 nitrogen and oxygen atoms in total. The molecule has 3 aliphatic rings. The topological polar surface area (TPSA) is 34.9 Å². The third-order valence-corrected chi connectivity index (χ3v) is 6.46. The number of hydrogen-bond acceptors (Lipinski definition) is 2. The molecule has 0 unspecified atom stereocenters. The fraction of sp³-hybridized carbons (Fsp3) is 0.778. The third-order valence-electron chi connectivity index (χ3n) is 6.46. The predicted molar refractivity (Wildman–Crippen MR) is 82.5 cm³/mol. The van der Waals surface area contributed by atoms with E-state index < -0.39 is 0 Å². The van der Waals surface area contributed by atoms with E-state index >= 15 is 0 Å². The zero-order chi connectivity index (χ0) is 14.8. The fourth-order valence-corrected chi connectivity index (χ4v) is 5.03. The lowest BCUT2D eigenvalue weighted by molar-refractivity contribution is 0.0873. The summed E-state index contributed by atoms with van der Waals surface area (Å²) in [4.78, 5) is 12.6. The summed E-state index contributed by atoms with van der Waals surface area (Å²) in [6.07, 6.45) is 8.15. The number of rotatable bonds is 3. The molecule has 0 aromatic carbocycles. The molecular formula is C18H26N2O. The van der Waals surface area contributed by atoms with E-state index in [1.807, 2.05) is 0 Å². The summed E-state index contributed by atoms with van der Waals surface area (Å²) in [6, 6.07) is 0. The van der Waals surface area contributed by atoms with Crippen molar-refractivity contribution in [2.24, 2.45) is 17.3 Å². The highest BCUT2D eigenvalue weighted by atomic mass is 16.2. The first-order valence-corrected chi connectivity index (χ1v) is 8.61. The Labute approximate surface area is 127 Å². The number of nitrogens with zero attached hydrogens (tertiary/aromatic N) is 2. The van der Waals surface area contributed by atoms with Gasteiger partial charge in [0.2, 0.25) is 5.91 Å². The SMILES string of the molecule is Cc1nn(C(=O)CCC2CCCC2)c2c1[C@H]1[C@H](C2)C1(C)C. The average molecular weight is 286 g/mol. The van der Waals surface area contributed by atoms with Gasteiger partial charge in [0.15, 0.2) is 0 Å². The molecule has 21 heavy (non-hydrogen) atoms. The van der Waals surface area contributed by atoms with Crippen molar-refractivity contribution in [1.29, 1.82) is 0 Å². The molecule has 1 aromatic heterocycles. The second-order valence-corrected chi connectivity index (χ2v) is 8.05. The van der Waals surface area contributed by atoms with Crippen LogP contribution >= 0.6 is 0 Å². The normalized spacial score (nSPS) is 29.5. The first-order valence-electron chi connectivity index (χ1n) is 8.61. The molecule has 1 aromatic rings. The zero-order valence-electron chi connectivity index (χ0n) is 13.5. The van der Waals surface area contributed by atoms with Gasteiger partial charge in [-0.3, -0.25) is 4.79 Å². The molecule has 2 saturated carbocycles. The van der Waals surface area contributed by atoms with Crippen LogP contribution in [-0.4, -0.2) is 15.7 Å². The molecular weight excluding hydrogens is 260 g/mol. The number of aromatic nitrogens is 2. The Hall–Kier alpha value is -1.12. The quantitative estimate of drug-likeness (QED) is 0.838. The van der Waals surface area contributed by atoms with Crippen molar-refractivity contribution >= 4 is 5.91 Å². The lowest BCUT2D eigenvalue weighted by Crippen LogP contribution is -2.17. The van der Waals surface area contributed by atoms with Crippen molar-refractivity contribution in [2.75, 3.05) is 0 Å². The van der Waals surface area contributed by atoms with E-state index in [1.54, 1.807) is 4.68 Å². The molecule has 0 amide bonds. The predicted octanol–water partition coefficient (Wildman–Crippen LogP) is 4.10. The van der Waals surface area contributed by atoms with Gasteiger partial charge in [-0.05, 0) is 42.9 Å². The molecule has 0 spiro atoms. The van der Waals surface area contributed by atoms with Crippen LogP contribution < -0.4 is 0 Å². The van der Waals surface area contributed by atoms with E-state index in [9.17, 15) is 4.79 Å². The van der Waals surface area contributed by atoms with Crippen LogP contribution in [0.15, 0.2) is 0 Å². The molecule has 4 rings (SSSR count). The van der Waals surface area contributed by atoms with Crippen LogP contribution in [0.2, 0.25) is 0 Å². The van der Waals surface area contributed by atoms with Crippen LogP contribution in [0.5, 0.6) is 0 Å². The van der Waals surface area contributed by atoms with Crippen LogP contribution in [0.1, 0.15) is 80.0 Å². The zero-order valence-corrected chi connectivity index (χ0v) is 13.5. The molecule has 2 fully saturated rings. The third kappa shape index (κ3) is 1.92. The van der Waals surface area contributed by atoms with Gasteiger partial charge in [-0.15, -0.1) is 0 Å². The van der Waals surface area contributed by atoms with E-state index in [2.05, 4.69) is 25.9 Å². The molecule has 0 radical (unpaired) electrons. The minimum absolute atomic E-state index is 0.227. The van der Waals surface area contributed by atoms with E-state index in [1.165, 1.54) is 36.9 Å². The van der Waals surface area contributed by atoms with Crippen molar-refractivity contribution in [1.82, 2.24) is 9.78 Å². The summed E-state index contributed by atoms with van der Waals surface area (Å²) in [7, 11) is 0. The molecule has 114 valence electrons. The van der Waals surface area contributed by atoms with Crippen molar-refractivity contribution in [3.8, 4) is 0 Å². The van der Waals surface area contributed by atoms with E-state index in [4.69, 9.17) is 0 Å². The molecule has 0 aliphatic heterocycles. The average Bonchev–Trinajstić information content (AvgIpc) is 2.97. The molecule has 3 aliphatic carbocycles. The Morgan fingerprint density at radius 2 is 2.05 bits per heavy atom. The maximum Gasteiger partial charge on any atom is 0.247 e. The lowest BCUT2D eigenvalue weighted by atomic mass is 9.98. The van der Waals surface area contributed by atoms with Crippen molar-refractivity contribution in [3.63, 3.8) is 0 Å². The Morgan fingerprint density at radius 1 is 1.33 bits per heavy atom. The maximum absolute atomic E-state index is 12.6. The number of fused-ring (bicyclic) bond motifs is 3. The van der Waals surface area contributed by atoms with Gasteiger partial charge < -0.3 is 0 Å². The monoisotopic (exact) mass is 286 g/mol. The minimum Gasteiger partial charge on any atom is -0.273 e. The van der Waals surface area contributed by atoms with Crippen molar-refractivity contribution in [3.05, 3.63) is 17.0 Å². The Bertz CT molecular complexity index is 593. The number of hydrogen-bond donors (Lipinski definition) is 0. The molecule has 0 N–H and O–H groups in total. The number of carbonyl (C=O) groups is 1. The molecule has 0 bridgehead atoms. The van der Waals surface area contributed by atoms with Gasteiger partial charge in [0.05, 0.1) is 11.4 Å². The van der Waals surface area contributed by atoms with Crippen molar-refractivity contribution < 1.29 is 4.79 Å². The van der Waals surface area contributed by atoms with Gasteiger partial charge in [0.25, 0.3) is 0 Å². The van der Waals surface area contributed by atoms with Crippen molar-refractivity contribution in [2.45, 2.75) is 71.6 Å². The second kappa shape index (κ2) is 4.44. The molecule has 3 heteroatoms. The number of aryl methyl sites for hydroxylation is 1. The Morgan fingerprint density at radius 3 is 2.76 bits per heavy atom. The smallest absolute Gasteiger partial charge is 0.247 e. The maximum atomic E-state index is 12.6. The van der Waals surface area contributed by atoms with Gasteiger partial charge in [0.1, 0.15) is 0 Å². The summed E-state index contributed by atoms with van der Waals surface area (Å²) < 4.78 is 1.77. The van der Waals surface area contributed by atoms with Crippen LogP contribution in [0.4, 0.5) is 0 Å². The molecule has 1 heterocycles. The summed E-state index contributed by atoms with van der Waals surface area (Å²) in [5, 5.41) is 4.59. The van der Waals surface area contributed by atoms with Gasteiger partial charge in [0, 0.05) is 12.0 Å². The summed E-state index contributed by atoms with van der Waals surface area (Å²) >= 11 is 0. The van der Waals surface area contributed by atoms with Gasteiger partial charge in [-0.1, -0.05) is 39.5 Å². The second-order valence-electron chi connectivity index (χ2n) is 8.05. The van der Waals surface area contributed by atoms with Crippen LogP contribution in [-0.2, 0) is 6.42 Å². The van der Waals surface area contributed by atoms with Gasteiger partial charge in [-0.2, -0.15) is 5.10 Å². The highest BCUT2D eigenvalue weighted by molar-refractivity contribution is 5.79. The van der Waals surface area contributed by atoms with E-state index in [0.717, 1.165) is 30.4 Å². The van der Waals surface area contributed by atoms with Crippen LogP contribution in [0.25, 0.3) is 0 Å². The summed E-state index contributed by atoms with van der Waals surface area (Å²) in [5.74, 6) is 2.42. The van der Waals surface area contributed by atoms with Gasteiger partial charge >= 0.3 is 0 Å². The lowest BCUT2D eigenvalue weighted by Gasteiger charge is -2.11. The van der Waals surface area contributed by atoms with Gasteiger partial charge in [-0.25, -0.2) is 4.68 Å². The fourth-order valence-electron chi connectivity index (χ4n) is 5.03. The first-order chi connectivity index (χ1) is 10.00. The number of carbonyl (C=O) groups excluding carboxylic acids is 1. The Balaban J connectivity index is 1.50. The molecule has 0 saturated heterocycles. The summed E-state index contributed by atoms with van der Waals surface area (Å²) in [5.41, 5.74) is 4.16. The van der Waals surface area contributed by atoms with E-state index in [-0.39, 0.29) is 5.91 Å². The first kappa shape index (κ1) is 13.5. The Kier molecular flexibility index (Phi) is 2.86. The molecule has 2 atom stereocenters. The standard InChI is InChI=1S/C18H26N2O/c1-11-16-14(10-13-17(16)18(13,2)3)20(19-11)15(21)9-8-12-6-4-5-7-12/h12-13,17H,4-10H2,1-3H3/t13-,17+/m0/s1. The summed E-state index contributed by atoms with van der Waals surface area (Å²) in [6.45, 7) is 6.78. The van der Waals surface area contributed by atoms with Crippen LogP contribution in [0.3, 0.4) is 0 Å². The highest BCUT2D eigenvalue weighted by Gasteiger charge is 2.64. The van der Waals surface area contributed by atoms with Crippen LogP contribution in [0, 0.1) is 24.2 Å². The largest absolute Gasteiger partial charge is 0.273 e.